The smallest absolute Gasteiger partial charge is 0.186 e. The van der Waals surface area contributed by atoms with Gasteiger partial charge in [0.2, 0.25) is 0 Å². The first kappa shape index (κ1) is 14.8. The molecule has 0 aromatic heterocycles. The van der Waals surface area contributed by atoms with Crippen molar-refractivity contribution in [2.75, 3.05) is 18.6 Å². The number of allylic oxidation sites excluding steroid dienone is 2. The van der Waals surface area contributed by atoms with E-state index >= 15 is 0 Å². The molecule has 0 amide bonds. The van der Waals surface area contributed by atoms with Crippen molar-refractivity contribution in [3.05, 3.63) is 45.2 Å². The molecule has 2 nitrogen and oxygen atoms in total. The van der Waals surface area contributed by atoms with Gasteiger partial charge in [-0.25, -0.2) is 0 Å². The van der Waals surface area contributed by atoms with Gasteiger partial charge in [-0.1, -0.05) is 12.1 Å². The summed E-state index contributed by atoms with van der Waals surface area (Å²) in [5.74, 6) is 3.37. The van der Waals surface area contributed by atoms with E-state index in [2.05, 4.69) is 0 Å². The standard InChI is InChI=1S/C17H18O2S2/c1-19-14-7-5-12(6-8-14)11-13-3-2-4-15(16(13)18)17-20-9-10-21-17/h5-8,11H,2-4,9-10H2,1H3/b13-11+. The molecule has 2 fully saturated rings. The van der Waals surface area contributed by atoms with Crippen LogP contribution in [0.3, 0.4) is 0 Å². The molecule has 0 bridgehead atoms. The van der Waals surface area contributed by atoms with Crippen molar-refractivity contribution in [1.82, 2.24) is 0 Å². The zero-order valence-electron chi connectivity index (χ0n) is 12.1. The van der Waals surface area contributed by atoms with Crippen molar-refractivity contribution in [3.63, 3.8) is 0 Å². The Labute approximate surface area is 134 Å². The Balaban J connectivity index is 1.85. The highest BCUT2D eigenvalue weighted by atomic mass is 32.2. The predicted molar refractivity (Wildman–Crippen MR) is 91.8 cm³/mol. The highest BCUT2D eigenvalue weighted by Crippen LogP contribution is 2.42. The number of Topliss-reactive ketones (excluding diaryl/α,β-unsaturated/α-hetero) is 1. The van der Waals surface area contributed by atoms with E-state index in [0.29, 0.717) is 0 Å². The maximum Gasteiger partial charge on any atom is 0.186 e. The fourth-order valence-electron chi connectivity index (χ4n) is 2.59. The molecule has 0 radical (unpaired) electrons. The first-order chi connectivity index (χ1) is 10.3. The van der Waals surface area contributed by atoms with Gasteiger partial charge in [0.15, 0.2) is 5.78 Å². The van der Waals surface area contributed by atoms with Crippen LogP contribution in [0.2, 0.25) is 0 Å². The molecule has 110 valence electrons. The highest BCUT2D eigenvalue weighted by molar-refractivity contribution is 8.25. The largest absolute Gasteiger partial charge is 0.497 e. The van der Waals surface area contributed by atoms with Gasteiger partial charge in [0, 0.05) is 26.9 Å². The second-order valence-corrected chi connectivity index (χ2v) is 7.56. The van der Waals surface area contributed by atoms with E-state index in [0.717, 1.165) is 53.2 Å². The topological polar surface area (TPSA) is 26.3 Å². The van der Waals surface area contributed by atoms with Gasteiger partial charge >= 0.3 is 0 Å². The van der Waals surface area contributed by atoms with E-state index in [4.69, 9.17) is 4.74 Å². The molecule has 1 aliphatic heterocycles. The third kappa shape index (κ3) is 3.38. The minimum Gasteiger partial charge on any atom is -0.497 e. The molecule has 1 saturated carbocycles. The minimum absolute atomic E-state index is 0.258. The Bertz CT molecular complexity index is 592. The van der Waals surface area contributed by atoms with Gasteiger partial charge in [0.05, 0.1) is 7.11 Å². The molecular formula is C17H18O2S2. The number of ether oxygens (including phenoxy) is 1. The van der Waals surface area contributed by atoms with Crippen LogP contribution >= 0.6 is 23.5 Å². The Morgan fingerprint density at radius 3 is 2.48 bits per heavy atom. The Morgan fingerprint density at radius 1 is 1.10 bits per heavy atom. The highest BCUT2D eigenvalue weighted by Gasteiger charge is 2.25. The summed E-state index contributed by atoms with van der Waals surface area (Å²) in [7, 11) is 1.66. The van der Waals surface area contributed by atoms with Gasteiger partial charge in [-0.2, -0.15) is 0 Å². The minimum atomic E-state index is 0.258. The van der Waals surface area contributed by atoms with E-state index in [9.17, 15) is 4.79 Å². The lowest BCUT2D eigenvalue weighted by atomic mass is 9.88. The van der Waals surface area contributed by atoms with E-state index < -0.39 is 0 Å². The summed E-state index contributed by atoms with van der Waals surface area (Å²) < 4.78 is 6.43. The van der Waals surface area contributed by atoms with Crippen molar-refractivity contribution in [2.45, 2.75) is 19.3 Å². The van der Waals surface area contributed by atoms with Gasteiger partial charge in [-0.15, -0.1) is 23.5 Å². The summed E-state index contributed by atoms with van der Waals surface area (Å²) in [5, 5.41) is 0. The SMILES string of the molecule is COc1ccc(/C=C2\CCCC(=C3SCCS3)C2=O)cc1. The number of benzene rings is 1. The van der Waals surface area contributed by atoms with Crippen LogP contribution in [-0.2, 0) is 4.79 Å². The first-order valence-electron chi connectivity index (χ1n) is 7.16. The molecule has 1 saturated heterocycles. The van der Waals surface area contributed by atoms with Crippen molar-refractivity contribution in [2.24, 2.45) is 0 Å². The zero-order chi connectivity index (χ0) is 14.7. The molecule has 0 atom stereocenters. The molecule has 1 heterocycles. The second kappa shape index (κ2) is 6.75. The van der Waals surface area contributed by atoms with Crippen LogP contribution in [0.4, 0.5) is 0 Å². The van der Waals surface area contributed by atoms with Crippen LogP contribution in [-0.4, -0.2) is 24.4 Å². The van der Waals surface area contributed by atoms with Gasteiger partial charge in [-0.3, -0.25) is 4.79 Å². The monoisotopic (exact) mass is 318 g/mol. The third-order valence-electron chi connectivity index (χ3n) is 3.69. The van der Waals surface area contributed by atoms with Gasteiger partial charge in [-0.05, 0) is 43.0 Å². The van der Waals surface area contributed by atoms with Crippen LogP contribution in [0, 0.1) is 0 Å². The number of rotatable bonds is 2. The fraction of sp³-hybridized carbons (Fsp3) is 0.353. The molecule has 0 N–H and O–H groups in total. The average Bonchev–Trinajstić information content (AvgIpc) is 3.04. The molecule has 1 aliphatic carbocycles. The number of thioether (sulfide) groups is 2. The summed E-state index contributed by atoms with van der Waals surface area (Å²) in [6, 6.07) is 7.86. The second-order valence-electron chi connectivity index (χ2n) is 5.09. The fourth-order valence-corrected chi connectivity index (χ4v) is 5.20. The zero-order valence-corrected chi connectivity index (χ0v) is 13.7. The summed E-state index contributed by atoms with van der Waals surface area (Å²) in [5.41, 5.74) is 3.06. The Kier molecular flexibility index (Phi) is 4.76. The van der Waals surface area contributed by atoms with E-state index in [1.54, 1.807) is 7.11 Å². The summed E-state index contributed by atoms with van der Waals surface area (Å²) >= 11 is 3.69. The number of methoxy groups -OCH3 is 1. The molecule has 1 aromatic carbocycles. The number of hydrogen-bond donors (Lipinski definition) is 0. The van der Waals surface area contributed by atoms with Gasteiger partial charge in [0.1, 0.15) is 5.75 Å². The van der Waals surface area contributed by atoms with Gasteiger partial charge < -0.3 is 4.74 Å². The van der Waals surface area contributed by atoms with E-state index in [-0.39, 0.29) is 5.78 Å². The molecule has 4 heteroatoms. The number of ketones is 1. The lowest BCUT2D eigenvalue weighted by molar-refractivity contribution is -0.112. The van der Waals surface area contributed by atoms with Crippen molar-refractivity contribution in [1.29, 1.82) is 0 Å². The first-order valence-corrected chi connectivity index (χ1v) is 9.13. The number of carbonyl (C=O) groups excluding carboxylic acids is 1. The summed E-state index contributed by atoms with van der Waals surface area (Å²) in [6.45, 7) is 0. The Hall–Kier alpha value is -1.13. The molecule has 21 heavy (non-hydrogen) atoms. The van der Waals surface area contributed by atoms with Crippen molar-refractivity contribution in [3.8, 4) is 5.75 Å². The quantitative estimate of drug-likeness (QED) is 0.749. The number of hydrogen-bond acceptors (Lipinski definition) is 4. The van der Waals surface area contributed by atoms with E-state index in [1.807, 2.05) is 53.9 Å². The van der Waals surface area contributed by atoms with Crippen molar-refractivity contribution >= 4 is 35.4 Å². The average molecular weight is 318 g/mol. The van der Waals surface area contributed by atoms with Gasteiger partial charge in [0.25, 0.3) is 0 Å². The Morgan fingerprint density at radius 2 is 1.81 bits per heavy atom. The predicted octanol–water partition coefficient (Wildman–Crippen LogP) is 4.52. The lowest BCUT2D eigenvalue weighted by Crippen LogP contribution is -2.13. The molecule has 0 unspecified atom stereocenters. The molecule has 1 aromatic rings. The molecule has 0 spiro atoms. The summed E-state index contributed by atoms with van der Waals surface area (Å²) in [4.78, 5) is 12.7. The maximum absolute atomic E-state index is 12.7. The number of carbonyl (C=O) groups is 1. The maximum atomic E-state index is 12.7. The molecular weight excluding hydrogens is 300 g/mol. The lowest BCUT2D eigenvalue weighted by Gasteiger charge is -2.18. The van der Waals surface area contributed by atoms with Crippen molar-refractivity contribution < 1.29 is 9.53 Å². The van der Waals surface area contributed by atoms with Crippen LogP contribution in [0.1, 0.15) is 24.8 Å². The van der Waals surface area contributed by atoms with Crippen LogP contribution < -0.4 is 4.74 Å². The normalized spacial score (nSPS) is 21.2. The summed E-state index contributed by atoms with van der Waals surface area (Å²) in [6.07, 6.45) is 4.94. The molecule has 3 rings (SSSR count). The molecule has 2 aliphatic rings. The van der Waals surface area contributed by atoms with Crippen LogP contribution in [0.5, 0.6) is 5.75 Å². The van der Waals surface area contributed by atoms with Crippen LogP contribution in [0.25, 0.3) is 6.08 Å². The van der Waals surface area contributed by atoms with E-state index in [1.165, 1.54) is 4.24 Å². The third-order valence-corrected chi connectivity index (χ3v) is 6.49. The van der Waals surface area contributed by atoms with Crippen LogP contribution in [0.15, 0.2) is 39.6 Å².